The maximum atomic E-state index is 3.13. The minimum Gasteiger partial charge on any atom is -0.330 e. The quantitative estimate of drug-likeness (QED) is 0.500. The van der Waals surface area contributed by atoms with Crippen LogP contribution < -0.4 is 4.72 Å². The van der Waals surface area contributed by atoms with Gasteiger partial charge in [0.05, 0.1) is 0 Å². The molecule has 0 aromatic heterocycles. The Kier molecular flexibility index (Phi) is 1.63. The molecule has 0 saturated carbocycles. The Balaban J connectivity index is 2.67. The monoisotopic (exact) mass is 127 g/mol. The molecule has 1 N–H and O–H groups in total. The summed E-state index contributed by atoms with van der Waals surface area (Å²) < 4.78 is 3.13. The first-order valence-electron chi connectivity index (χ1n) is 2.60. The van der Waals surface area contributed by atoms with E-state index >= 15 is 0 Å². The van der Waals surface area contributed by atoms with Gasteiger partial charge < -0.3 is 4.72 Å². The van der Waals surface area contributed by atoms with Crippen LogP contribution in [0.25, 0.3) is 0 Å². The molecule has 0 aliphatic carbocycles. The van der Waals surface area contributed by atoms with Crippen molar-refractivity contribution < 1.29 is 0 Å². The van der Waals surface area contributed by atoms with Crippen molar-refractivity contribution >= 4 is 11.9 Å². The fourth-order valence-electron chi connectivity index (χ4n) is 0.554. The van der Waals surface area contributed by atoms with E-state index in [0.717, 1.165) is 0 Å². The third-order valence-corrected chi connectivity index (χ3v) is 1.99. The van der Waals surface area contributed by atoms with E-state index < -0.39 is 0 Å². The van der Waals surface area contributed by atoms with Crippen molar-refractivity contribution in [2.45, 2.75) is 13.8 Å². The highest BCUT2D eigenvalue weighted by Crippen LogP contribution is 2.22. The molecule has 0 unspecified atom stereocenters. The molecular weight excluding hydrogens is 118 g/mol. The van der Waals surface area contributed by atoms with Crippen LogP contribution in [0.4, 0.5) is 0 Å². The van der Waals surface area contributed by atoms with Gasteiger partial charge in [-0.3, -0.25) is 0 Å². The summed E-state index contributed by atoms with van der Waals surface area (Å²) in [6.45, 7) is 4.10. The lowest BCUT2D eigenvalue weighted by Crippen LogP contribution is -1.89. The zero-order valence-electron chi connectivity index (χ0n) is 5.06. The molecule has 44 valence electrons. The van der Waals surface area contributed by atoms with Crippen molar-refractivity contribution in [1.29, 1.82) is 0 Å². The summed E-state index contributed by atoms with van der Waals surface area (Å²) in [5, 5.41) is 0. The van der Waals surface area contributed by atoms with E-state index in [1.165, 1.54) is 10.6 Å². The SMILES string of the molecule is CC=C1C=C(C)NS1. The number of hydrogen-bond donors (Lipinski definition) is 1. The molecule has 0 saturated heterocycles. The highest BCUT2D eigenvalue weighted by molar-refractivity contribution is 8.01. The maximum Gasteiger partial charge on any atom is 0.0259 e. The fourth-order valence-corrected chi connectivity index (χ4v) is 1.25. The first kappa shape index (κ1) is 5.76. The van der Waals surface area contributed by atoms with Gasteiger partial charge >= 0.3 is 0 Å². The molecule has 1 heterocycles. The van der Waals surface area contributed by atoms with E-state index in [1.807, 2.05) is 6.92 Å². The van der Waals surface area contributed by atoms with Gasteiger partial charge in [-0.15, -0.1) is 0 Å². The first-order valence-corrected chi connectivity index (χ1v) is 3.42. The average Bonchev–Trinajstić information content (AvgIpc) is 2.14. The first-order chi connectivity index (χ1) is 3.83. The molecule has 0 spiro atoms. The van der Waals surface area contributed by atoms with E-state index in [1.54, 1.807) is 11.9 Å². The second-order valence-electron chi connectivity index (χ2n) is 1.72. The summed E-state index contributed by atoms with van der Waals surface area (Å²) in [5.41, 5.74) is 1.24. The van der Waals surface area contributed by atoms with Crippen LogP contribution in [0.15, 0.2) is 22.8 Å². The van der Waals surface area contributed by atoms with Crippen molar-refractivity contribution in [3.63, 3.8) is 0 Å². The van der Waals surface area contributed by atoms with Crippen molar-refractivity contribution in [3.8, 4) is 0 Å². The Morgan fingerprint density at radius 3 is 2.75 bits per heavy atom. The maximum absolute atomic E-state index is 3.13. The van der Waals surface area contributed by atoms with Crippen molar-refractivity contribution in [3.05, 3.63) is 22.8 Å². The molecule has 1 nitrogen and oxygen atoms in total. The van der Waals surface area contributed by atoms with Crippen LogP contribution in [0.5, 0.6) is 0 Å². The van der Waals surface area contributed by atoms with Crippen molar-refractivity contribution in [2.75, 3.05) is 0 Å². The van der Waals surface area contributed by atoms with Gasteiger partial charge in [0.15, 0.2) is 0 Å². The third-order valence-electron chi connectivity index (χ3n) is 0.973. The normalized spacial score (nSPS) is 23.2. The Hall–Kier alpha value is -0.370. The van der Waals surface area contributed by atoms with Crippen LogP contribution in [-0.4, -0.2) is 0 Å². The van der Waals surface area contributed by atoms with Gasteiger partial charge in [-0.05, 0) is 31.9 Å². The van der Waals surface area contributed by atoms with Gasteiger partial charge in [0, 0.05) is 10.6 Å². The summed E-state index contributed by atoms with van der Waals surface area (Å²) >= 11 is 1.67. The Morgan fingerprint density at radius 2 is 2.50 bits per heavy atom. The van der Waals surface area contributed by atoms with E-state index in [-0.39, 0.29) is 0 Å². The Morgan fingerprint density at radius 1 is 1.75 bits per heavy atom. The van der Waals surface area contributed by atoms with Crippen LogP contribution in [0.3, 0.4) is 0 Å². The van der Waals surface area contributed by atoms with Gasteiger partial charge in [0.25, 0.3) is 0 Å². The summed E-state index contributed by atoms with van der Waals surface area (Å²) in [6, 6.07) is 0. The molecule has 0 bridgehead atoms. The summed E-state index contributed by atoms with van der Waals surface area (Å²) in [6.07, 6.45) is 4.22. The van der Waals surface area contributed by atoms with Crippen molar-refractivity contribution in [1.82, 2.24) is 4.72 Å². The number of rotatable bonds is 0. The Labute approximate surface area is 54.0 Å². The summed E-state index contributed by atoms with van der Waals surface area (Å²) in [4.78, 5) is 1.31. The Bertz CT molecular complexity index is 147. The lowest BCUT2D eigenvalue weighted by molar-refractivity contribution is 1.23. The smallest absolute Gasteiger partial charge is 0.0259 e. The zero-order chi connectivity index (χ0) is 5.98. The van der Waals surface area contributed by atoms with Gasteiger partial charge in [0.2, 0.25) is 0 Å². The van der Waals surface area contributed by atoms with Crippen LogP contribution >= 0.6 is 11.9 Å². The van der Waals surface area contributed by atoms with E-state index in [2.05, 4.69) is 23.8 Å². The molecule has 0 amide bonds. The van der Waals surface area contributed by atoms with Crippen LogP contribution in [0, 0.1) is 0 Å². The standard InChI is InChI=1S/C6H9NS/c1-3-6-4-5(2)7-8-6/h3-4,7H,1-2H3. The van der Waals surface area contributed by atoms with Crippen LogP contribution in [0.2, 0.25) is 0 Å². The highest BCUT2D eigenvalue weighted by Gasteiger charge is 2.01. The minimum atomic E-state index is 1.24. The molecule has 0 fully saturated rings. The highest BCUT2D eigenvalue weighted by atomic mass is 32.2. The topological polar surface area (TPSA) is 12.0 Å². The van der Waals surface area contributed by atoms with Gasteiger partial charge in [0.1, 0.15) is 0 Å². The van der Waals surface area contributed by atoms with Gasteiger partial charge in [-0.2, -0.15) is 0 Å². The van der Waals surface area contributed by atoms with Crippen molar-refractivity contribution in [2.24, 2.45) is 0 Å². The average molecular weight is 127 g/mol. The predicted octanol–water partition coefficient (Wildman–Crippen LogP) is 2.05. The third kappa shape index (κ3) is 1.07. The van der Waals surface area contributed by atoms with E-state index in [4.69, 9.17) is 0 Å². The molecule has 1 aliphatic heterocycles. The predicted molar refractivity (Wildman–Crippen MR) is 38.2 cm³/mol. The number of nitrogens with one attached hydrogen (secondary N) is 1. The molecule has 0 atom stereocenters. The molecule has 8 heavy (non-hydrogen) atoms. The fraction of sp³-hybridized carbons (Fsp3) is 0.333. The van der Waals surface area contributed by atoms with Crippen LogP contribution in [0.1, 0.15) is 13.8 Å². The zero-order valence-corrected chi connectivity index (χ0v) is 5.88. The molecule has 0 radical (unpaired) electrons. The second-order valence-corrected chi connectivity index (χ2v) is 2.60. The minimum absolute atomic E-state index is 1.24. The number of allylic oxidation sites excluding steroid dienone is 3. The largest absolute Gasteiger partial charge is 0.330 e. The molecule has 1 rings (SSSR count). The molecular formula is C6H9NS. The molecule has 1 aliphatic rings. The molecule has 0 aromatic carbocycles. The molecule has 0 aromatic rings. The van der Waals surface area contributed by atoms with Gasteiger partial charge in [-0.1, -0.05) is 6.08 Å². The van der Waals surface area contributed by atoms with Crippen LogP contribution in [-0.2, 0) is 0 Å². The second kappa shape index (κ2) is 2.27. The van der Waals surface area contributed by atoms with E-state index in [0.29, 0.717) is 0 Å². The lowest BCUT2D eigenvalue weighted by atomic mass is 10.4. The van der Waals surface area contributed by atoms with Gasteiger partial charge in [-0.25, -0.2) is 0 Å². The summed E-state index contributed by atoms with van der Waals surface area (Å²) in [5.74, 6) is 0. The molecule has 2 heteroatoms. The number of hydrogen-bond acceptors (Lipinski definition) is 2. The van der Waals surface area contributed by atoms with E-state index in [9.17, 15) is 0 Å². The summed E-state index contributed by atoms with van der Waals surface area (Å²) in [7, 11) is 0. The lowest BCUT2D eigenvalue weighted by Gasteiger charge is -1.89.